The number of allylic oxidation sites excluding steroid dienone is 2. The number of pyridine rings is 1. The van der Waals surface area contributed by atoms with Crippen LogP contribution in [0.15, 0.2) is 66.2 Å². The Morgan fingerprint density at radius 2 is 2.03 bits per heavy atom. The molecule has 9 heteroatoms. The van der Waals surface area contributed by atoms with Gasteiger partial charge in [-0.2, -0.15) is 0 Å². The predicted octanol–water partition coefficient (Wildman–Crippen LogP) is 3.71. The van der Waals surface area contributed by atoms with Crippen LogP contribution in [0, 0.1) is 5.41 Å². The van der Waals surface area contributed by atoms with Crippen LogP contribution in [0.4, 0.5) is 4.79 Å². The average molecular weight is 461 g/mol. The Kier molecular flexibility index (Phi) is 12.0. The third-order valence-corrected chi connectivity index (χ3v) is 5.26. The first kappa shape index (κ1) is 27.1. The highest BCUT2D eigenvalue weighted by molar-refractivity contribution is 7.95. The molecule has 0 saturated carbocycles. The number of nitrogens with two attached hydrogens (primary N) is 1. The summed E-state index contributed by atoms with van der Waals surface area (Å²) in [6, 6.07) is 2.93. The van der Waals surface area contributed by atoms with Gasteiger partial charge in [-0.1, -0.05) is 38.7 Å². The van der Waals surface area contributed by atoms with E-state index in [0.717, 1.165) is 23.3 Å². The van der Waals surface area contributed by atoms with Crippen LogP contribution in [-0.4, -0.2) is 29.2 Å². The van der Waals surface area contributed by atoms with Crippen molar-refractivity contribution in [1.29, 1.82) is 5.41 Å². The lowest BCUT2D eigenvalue weighted by Gasteiger charge is -2.33. The van der Waals surface area contributed by atoms with Crippen molar-refractivity contribution < 1.29 is 9.53 Å². The Morgan fingerprint density at radius 3 is 2.59 bits per heavy atom. The number of nitrogens with one attached hydrogen (secondary N) is 4. The van der Waals surface area contributed by atoms with Crippen LogP contribution in [0.5, 0.6) is 5.75 Å². The number of amides is 2. The average Bonchev–Trinajstić information content (AvgIpc) is 2.81. The summed E-state index contributed by atoms with van der Waals surface area (Å²) in [5.41, 5.74) is 2.17. The Hall–Kier alpha value is -2.91. The summed E-state index contributed by atoms with van der Waals surface area (Å²) in [7, 11) is 1.75. The molecule has 0 aromatic carbocycles. The van der Waals surface area contributed by atoms with E-state index in [4.69, 9.17) is 15.3 Å². The maximum absolute atomic E-state index is 12.4. The van der Waals surface area contributed by atoms with Gasteiger partial charge in [0, 0.05) is 19.2 Å². The van der Waals surface area contributed by atoms with Gasteiger partial charge in [0.15, 0.2) is 0 Å². The fraction of sp³-hybridized carbons (Fsp3) is 0.391. The van der Waals surface area contributed by atoms with Gasteiger partial charge in [0.1, 0.15) is 23.2 Å². The van der Waals surface area contributed by atoms with Crippen LogP contribution in [-0.2, 0) is 0 Å². The molecule has 0 saturated heterocycles. The van der Waals surface area contributed by atoms with Crippen molar-refractivity contribution in [1.82, 2.24) is 19.9 Å². The molecule has 1 heterocycles. The molecule has 1 aromatic heterocycles. The fourth-order valence-electron chi connectivity index (χ4n) is 3.31. The van der Waals surface area contributed by atoms with Crippen molar-refractivity contribution in [3.8, 4) is 5.75 Å². The van der Waals surface area contributed by atoms with Crippen molar-refractivity contribution in [2.75, 3.05) is 7.05 Å². The molecule has 32 heavy (non-hydrogen) atoms. The van der Waals surface area contributed by atoms with Crippen LogP contribution in [0.25, 0.3) is 0 Å². The number of rotatable bonds is 8. The molecular formula is C23H36N6O2S. The topological polar surface area (TPSA) is 117 Å². The van der Waals surface area contributed by atoms with Gasteiger partial charge in [0.2, 0.25) is 0 Å². The largest absolute Gasteiger partial charge is 0.484 e. The molecule has 2 atom stereocenters. The van der Waals surface area contributed by atoms with E-state index in [1.165, 1.54) is 3.97 Å². The number of aromatic nitrogens is 1. The lowest BCUT2D eigenvalue weighted by atomic mass is 9.85. The van der Waals surface area contributed by atoms with Crippen LogP contribution >= 0.6 is 12.1 Å². The first-order chi connectivity index (χ1) is 15.5. The number of urea groups is 1. The van der Waals surface area contributed by atoms with Crippen molar-refractivity contribution in [2.45, 2.75) is 52.7 Å². The van der Waals surface area contributed by atoms with E-state index >= 15 is 0 Å². The molecule has 6 N–H and O–H groups in total. The van der Waals surface area contributed by atoms with Gasteiger partial charge in [-0.25, -0.2) is 4.79 Å². The number of nitrogens with zero attached hydrogens (tertiary/aromatic N) is 1. The molecule has 1 aromatic rings. The normalized spacial score (nSPS) is 18.5. The molecule has 0 fully saturated rings. The SMILES string of the molecule is C=CC1=C(/C=C\C)[C@H](Oc2ccc(=N)n(SN)c2)CC[C@@H]1NC(=O)N/C(=C/C)NC.CC. The number of ether oxygens (including phenoxy) is 1. The minimum atomic E-state index is -0.284. The van der Waals surface area contributed by atoms with E-state index in [2.05, 4.69) is 22.5 Å². The van der Waals surface area contributed by atoms with E-state index in [-0.39, 0.29) is 23.7 Å². The molecule has 0 unspecified atom stereocenters. The molecule has 1 aliphatic rings. The quantitative estimate of drug-likeness (QED) is 0.379. The maximum Gasteiger partial charge on any atom is 0.320 e. The van der Waals surface area contributed by atoms with E-state index < -0.39 is 0 Å². The minimum absolute atomic E-state index is 0.177. The Bertz CT molecular complexity index is 919. The zero-order chi connectivity index (χ0) is 24.1. The lowest BCUT2D eigenvalue weighted by molar-refractivity contribution is 0.207. The number of carbonyl (C=O) groups is 1. The van der Waals surface area contributed by atoms with E-state index in [1.807, 2.05) is 39.8 Å². The van der Waals surface area contributed by atoms with E-state index in [0.29, 0.717) is 24.4 Å². The molecule has 0 radical (unpaired) electrons. The summed E-state index contributed by atoms with van der Waals surface area (Å²) in [5, 5.41) is 22.2. The highest BCUT2D eigenvalue weighted by atomic mass is 32.2. The highest BCUT2D eigenvalue weighted by Gasteiger charge is 2.29. The molecule has 8 nitrogen and oxygen atoms in total. The van der Waals surface area contributed by atoms with Gasteiger partial charge in [0.25, 0.3) is 0 Å². The third kappa shape index (κ3) is 7.35. The first-order valence-corrected chi connectivity index (χ1v) is 11.5. The van der Waals surface area contributed by atoms with Crippen molar-refractivity contribution in [3.63, 3.8) is 0 Å². The van der Waals surface area contributed by atoms with Gasteiger partial charge in [-0.05, 0) is 56.0 Å². The zero-order valence-corrected chi connectivity index (χ0v) is 20.4. The summed E-state index contributed by atoms with van der Waals surface area (Å²) < 4.78 is 7.75. The van der Waals surface area contributed by atoms with E-state index in [1.54, 1.807) is 37.5 Å². The van der Waals surface area contributed by atoms with E-state index in [9.17, 15) is 4.79 Å². The fourth-order valence-corrected chi connectivity index (χ4v) is 3.65. The Balaban J connectivity index is 0.00000249. The second kappa shape index (κ2) is 14.2. The van der Waals surface area contributed by atoms with Crippen LogP contribution in [0.1, 0.15) is 40.5 Å². The Morgan fingerprint density at radius 1 is 1.31 bits per heavy atom. The summed E-state index contributed by atoms with van der Waals surface area (Å²) >= 11 is 0.946. The molecule has 0 spiro atoms. The number of carbonyl (C=O) groups excluding carboxylic acids is 1. The van der Waals surface area contributed by atoms with Gasteiger partial charge in [-0.15, -0.1) is 0 Å². The molecule has 0 bridgehead atoms. The molecular weight excluding hydrogens is 424 g/mol. The smallest absolute Gasteiger partial charge is 0.320 e. The predicted molar refractivity (Wildman–Crippen MR) is 133 cm³/mol. The highest BCUT2D eigenvalue weighted by Crippen LogP contribution is 2.30. The molecule has 1 aliphatic carbocycles. The standard InChI is InChI=1S/C21H30N6O2S.C2H6/c1-5-8-16-15(6-2)17(25-21(28)26-20(7-3)24-4)10-11-18(16)29-14-9-12-19(22)27(13-14)30-23;1-2/h5-9,12-13,17-18,22,24H,2,10-11,23H2,1,3-4H3,(H2,25,26,28);1-2H3/b8-5-,20-7+,22-19?;/t17-,18+;/m0./s1. The summed E-state index contributed by atoms with van der Waals surface area (Å²) in [6.45, 7) is 11.7. The summed E-state index contributed by atoms with van der Waals surface area (Å²) in [5.74, 6) is 1.25. The monoisotopic (exact) mass is 460 g/mol. The van der Waals surface area contributed by atoms with Gasteiger partial charge >= 0.3 is 6.03 Å². The van der Waals surface area contributed by atoms with Crippen molar-refractivity contribution in [2.24, 2.45) is 5.14 Å². The van der Waals surface area contributed by atoms with Gasteiger partial charge < -0.3 is 15.4 Å². The van der Waals surface area contributed by atoms with Crippen LogP contribution < -0.4 is 31.3 Å². The lowest BCUT2D eigenvalue weighted by Crippen LogP contribution is -2.46. The van der Waals surface area contributed by atoms with Crippen molar-refractivity contribution >= 4 is 18.2 Å². The number of hydrogen-bond acceptors (Lipinski definition) is 6. The second-order valence-electron chi connectivity index (χ2n) is 6.58. The van der Waals surface area contributed by atoms with Crippen molar-refractivity contribution in [3.05, 3.63) is 71.7 Å². The second-order valence-corrected chi connectivity index (χ2v) is 7.19. The zero-order valence-electron chi connectivity index (χ0n) is 19.6. The molecule has 2 amide bonds. The minimum Gasteiger partial charge on any atom is -0.484 e. The van der Waals surface area contributed by atoms with Crippen LogP contribution in [0.2, 0.25) is 0 Å². The van der Waals surface area contributed by atoms with Crippen LogP contribution in [0.3, 0.4) is 0 Å². The first-order valence-electron chi connectivity index (χ1n) is 10.7. The Labute approximate surface area is 195 Å². The summed E-state index contributed by atoms with van der Waals surface area (Å²) in [4.78, 5) is 12.4. The molecule has 2 rings (SSSR count). The van der Waals surface area contributed by atoms with Gasteiger partial charge in [-0.3, -0.25) is 19.8 Å². The number of hydrogen-bond donors (Lipinski definition) is 5. The summed E-state index contributed by atoms with van der Waals surface area (Å²) in [6.07, 6.45) is 10.4. The van der Waals surface area contributed by atoms with Gasteiger partial charge in [0.05, 0.1) is 12.2 Å². The maximum atomic E-state index is 12.4. The molecule has 176 valence electrons. The molecule has 0 aliphatic heterocycles. The third-order valence-electron chi connectivity index (χ3n) is 4.73.